The van der Waals surface area contributed by atoms with Crippen LogP contribution in [0.3, 0.4) is 0 Å². The number of hydrogen-bond acceptors (Lipinski definition) is 6. The van der Waals surface area contributed by atoms with Crippen LogP contribution in [0.1, 0.15) is 36.7 Å². The largest absolute Gasteiger partial charge is 0.480 e. The Balaban J connectivity index is 2.00. The first kappa shape index (κ1) is 25.1. The van der Waals surface area contributed by atoms with Gasteiger partial charge in [-0.05, 0) is 38.0 Å². The summed E-state index contributed by atoms with van der Waals surface area (Å²) in [6, 6.07) is 7.54. The first-order chi connectivity index (χ1) is 15.0. The fourth-order valence-electron chi connectivity index (χ4n) is 2.64. The molecule has 7 N–H and O–H groups in total. The third-order valence-electron chi connectivity index (χ3n) is 4.20. The summed E-state index contributed by atoms with van der Waals surface area (Å²) in [4.78, 5) is 34.8. The van der Waals surface area contributed by atoms with Gasteiger partial charge in [0.25, 0.3) is 5.91 Å². The first-order valence-corrected chi connectivity index (χ1v) is 10.6. The smallest absolute Gasteiger partial charge is 0.323 e. The van der Waals surface area contributed by atoms with Gasteiger partial charge in [0.05, 0.1) is 17.8 Å². The number of anilines is 1. The Morgan fingerprint density at radius 3 is 2.38 bits per heavy atom. The monoisotopic (exact) mass is 460 g/mol. The van der Waals surface area contributed by atoms with E-state index in [2.05, 4.69) is 10.6 Å². The number of carboxylic acids is 1. The van der Waals surface area contributed by atoms with Crippen molar-refractivity contribution in [1.29, 1.82) is 0 Å². The molecule has 1 aromatic heterocycles. The second-order valence-electron chi connectivity index (χ2n) is 7.95. The Morgan fingerprint density at radius 2 is 1.84 bits per heavy atom. The lowest BCUT2D eigenvalue weighted by atomic mass is 10.1. The molecule has 32 heavy (non-hydrogen) atoms. The zero-order valence-electron chi connectivity index (χ0n) is 18.2. The molecule has 9 nitrogen and oxygen atoms in total. The minimum absolute atomic E-state index is 0.0715. The zero-order valence-corrected chi connectivity index (χ0v) is 19.0. The maximum absolute atomic E-state index is 11.6. The quantitative estimate of drug-likeness (QED) is 0.367. The molecule has 0 spiro atoms. The highest BCUT2D eigenvalue weighted by molar-refractivity contribution is 7.20. The van der Waals surface area contributed by atoms with Crippen molar-refractivity contribution in [3.8, 4) is 10.4 Å². The normalized spacial score (nSPS) is 12.6. The van der Waals surface area contributed by atoms with Gasteiger partial charge in [-0.1, -0.05) is 36.4 Å². The van der Waals surface area contributed by atoms with Crippen LogP contribution in [-0.4, -0.2) is 47.8 Å². The molecule has 10 heteroatoms. The van der Waals surface area contributed by atoms with Gasteiger partial charge in [-0.25, -0.2) is 4.79 Å². The number of carboxylic acid groups (broad SMARTS) is 1. The molecule has 0 fully saturated rings. The van der Waals surface area contributed by atoms with Gasteiger partial charge in [0, 0.05) is 11.4 Å². The van der Waals surface area contributed by atoms with Crippen LogP contribution >= 0.6 is 11.3 Å². The Bertz CT molecular complexity index is 993. The molecule has 0 aliphatic rings. The van der Waals surface area contributed by atoms with E-state index in [9.17, 15) is 19.5 Å². The number of nitrogens with one attached hydrogen (secondary N) is 2. The van der Waals surface area contributed by atoms with E-state index in [1.807, 2.05) is 57.2 Å². The van der Waals surface area contributed by atoms with Crippen LogP contribution in [0.5, 0.6) is 0 Å². The third-order valence-corrected chi connectivity index (χ3v) is 5.30. The second kappa shape index (κ2) is 10.9. The number of amides is 3. The van der Waals surface area contributed by atoms with Crippen molar-refractivity contribution < 1.29 is 24.2 Å². The lowest BCUT2D eigenvalue weighted by Gasteiger charge is -2.22. The Labute approximate surface area is 190 Å². The van der Waals surface area contributed by atoms with Crippen molar-refractivity contribution in [3.63, 3.8) is 0 Å². The summed E-state index contributed by atoms with van der Waals surface area (Å²) in [5.41, 5.74) is 12.1. The van der Waals surface area contributed by atoms with Gasteiger partial charge < -0.3 is 21.3 Å². The van der Waals surface area contributed by atoms with E-state index in [4.69, 9.17) is 16.2 Å². The molecular weight excluding hydrogens is 432 g/mol. The number of ether oxygens (including phenoxy) is 1. The van der Waals surface area contributed by atoms with Crippen LogP contribution in [0.25, 0.3) is 16.5 Å². The van der Waals surface area contributed by atoms with Gasteiger partial charge in [-0.2, -0.15) is 0 Å². The second-order valence-corrected chi connectivity index (χ2v) is 9.01. The van der Waals surface area contributed by atoms with E-state index in [-0.39, 0.29) is 12.2 Å². The van der Waals surface area contributed by atoms with Crippen molar-refractivity contribution in [3.05, 3.63) is 47.5 Å². The van der Waals surface area contributed by atoms with E-state index in [0.29, 0.717) is 11.5 Å². The number of nitrogens with two attached hydrogens (primary N) is 2. The molecule has 0 saturated heterocycles. The summed E-state index contributed by atoms with van der Waals surface area (Å²) < 4.78 is 5.54. The molecular formula is C22H28N4O5S. The number of benzene rings is 1. The van der Waals surface area contributed by atoms with E-state index in [0.717, 1.165) is 16.0 Å². The zero-order chi connectivity index (χ0) is 23.9. The Kier molecular flexibility index (Phi) is 8.53. The fourth-order valence-corrected chi connectivity index (χ4v) is 3.71. The van der Waals surface area contributed by atoms with E-state index in [1.54, 1.807) is 6.07 Å². The summed E-state index contributed by atoms with van der Waals surface area (Å²) in [7, 11) is 0. The first-order valence-electron chi connectivity index (χ1n) is 9.83. The van der Waals surface area contributed by atoms with Crippen molar-refractivity contribution in [2.45, 2.75) is 32.4 Å². The van der Waals surface area contributed by atoms with E-state index >= 15 is 0 Å². The highest BCUT2D eigenvalue weighted by atomic mass is 32.1. The predicted molar refractivity (Wildman–Crippen MR) is 126 cm³/mol. The number of carbonyl (C=O) groups is 3. The van der Waals surface area contributed by atoms with Crippen LogP contribution in [-0.2, 0) is 9.53 Å². The molecule has 0 bridgehead atoms. The molecule has 0 unspecified atom stereocenters. The summed E-state index contributed by atoms with van der Waals surface area (Å²) in [5.74, 6) is -1.63. The molecule has 0 radical (unpaired) electrons. The standard InChI is InChI=1S/C22H28N4O5S/c1-22(2,3)31-12-16(20(28)29)25-10-4-5-13-6-8-14(9-7-13)17-11-15(18(23)27)19(32-17)26-21(24)30/h4-9,11,16,25H,10,12H2,1-3H3,(H2,23,27)(H,28,29)(H3,24,26,30)/b5-4+/t16-/m0/s1. The summed E-state index contributed by atoms with van der Waals surface area (Å²) in [6.45, 7) is 6.05. The van der Waals surface area contributed by atoms with E-state index < -0.39 is 29.6 Å². The molecule has 2 aromatic rings. The third kappa shape index (κ3) is 7.80. The predicted octanol–water partition coefficient (Wildman–Crippen LogP) is 2.88. The molecule has 1 heterocycles. The number of urea groups is 1. The highest BCUT2D eigenvalue weighted by Crippen LogP contribution is 2.35. The van der Waals surface area contributed by atoms with Gasteiger partial charge in [-0.3, -0.25) is 20.2 Å². The summed E-state index contributed by atoms with van der Waals surface area (Å²) in [6.07, 6.45) is 3.69. The maximum Gasteiger partial charge on any atom is 0.323 e. The van der Waals surface area contributed by atoms with Crippen molar-refractivity contribution in [2.24, 2.45) is 11.5 Å². The molecule has 1 atom stereocenters. The maximum atomic E-state index is 11.6. The van der Waals surface area contributed by atoms with Crippen molar-refractivity contribution in [1.82, 2.24) is 5.32 Å². The van der Waals surface area contributed by atoms with Gasteiger partial charge in [0.1, 0.15) is 11.0 Å². The molecule has 0 aliphatic heterocycles. The minimum atomic E-state index is -0.969. The fraction of sp³-hybridized carbons (Fsp3) is 0.318. The van der Waals surface area contributed by atoms with Gasteiger partial charge >= 0.3 is 12.0 Å². The van der Waals surface area contributed by atoms with E-state index in [1.165, 1.54) is 11.3 Å². The highest BCUT2D eigenvalue weighted by Gasteiger charge is 2.20. The van der Waals surface area contributed by atoms with Crippen molar-refractivity contribution >= 4 is 40.3 Å². The van der Waals surface area contributed by atoms with Crippen LogP contribution in [0.2, 0.25) is 0 Å². The van der Waals surface area contributed by atoms with Crippen LogP contribution < -0.4 is 22.1 Å². The van der Waals surface area contributed by atoms with Gasteiger partial charge in [-0.15, -0.1) is 11.3 Å². The van der Waals surface area contributed by atoms with Gasteiger partial charge in [0.2, 0.25) is 0 Å². The molecule has 0 saturated carbocycles. The molecule has 0 aliphatic carbocycles. The van der Waals surface area contributed by atoms with Crippen LogP contribution in [0.4, 0.5) is 9.80 Å². The Hall–Kier alpha value is -3.21. The molecule has 172 valence electrons. The number of primary amides is 2. The van der Waals surface area contributed by atoms with Crippen molar-refractivity contribution in [2.75, 3.05) is 18.5 Å². The lowest BCUT2D eigenvalue weighted by molar-refractivity contribution is -0.142. The topological polar surface area (TPSA) is 157 Å². The molecule has 1 aromatic carbocycles. The average molecular weight is 461 g/mol. The number of thiophene rings is 1. The number of carbonyl (C=O) groups excluding carboxylic acids is 2. The molecule has 2 rings (SSSR count). The van der Waals surface area contributed by atoms with Crippen LogP contribution in [0, 0.1) is 0 Å². The number of aliphatic carboxylic acids is 1. The SMILES string of the molecule is CC(C)(C)OC[C@H](NC/C=C/c1ccc(-c2cc(C(N)=O)c(NC(N)=O)s2)cc1)C(=O)O. The molecule has 3 amide bonds. The summed E-state index contributed by atoms with van der Waals surface area (Å²) in [5, 5.41) is 15.0. The summed E-state index contributed by atoms with van der Waals surface area (Å²) >= 11 is 1.20. The lowest BCUT2D eigenvalue weighted by Crippen LogP contribution is -2.42. The van der Waals surface area contributed by atoms with Gasteiger partial charge in [0.15, 0.2) is 0 Å². The number of hydrogen-bond donors (Lipinski definition) is 5. The minimum Gasteiger partial charge on any atom is -0.480 e. The Morgan fingerprint density at radius 1 is 1.19 bits per heavy atom. The number of rotatable bonds is 10. The average Bonchev–Trinajstić information content (AvgIpc) is 3.10. The van der Waals surface area contributed by atoms with Crippen LogP contribution in [0.15, 0.2) is 36.4 Å².